The van der Waals surface area contributed by atoms with Gasteiger partial charge in [-0.1, -0.05) is 18.6 Å². The van der Waals surface area contributed by atoms with Gasteiger partial charge in [-0.05, 0) is 125 Å². The lowest BCUT2D eigenvalue weighted by Crippen LogP contribution is -2.60. The number of anilines is 1. The number of likely N-dealkylation sites (tertiary alicyclic amines) is 2. The number of alkyl halides is 3. The second-order valence-corrected chi connectivity index (χ2v) is 17.1. The fourth-order valence-electron chi connectivity index (χ4n) is 9.09. The van der Waals surface area contributed by atoms with Gasteiger partial charge in [0.15, 0.2) is 9.84 Å². The van der Waals surface area contributed by atoms with E-state index in [1.54, 1.807) is 24.3 Å². The largest absolute Gasteiger partial charge is 0.471 e. The molecule has 5 fully saturated rings. The highest BCUT2D eigenvalue weighted by atomic mass is 32.2. The van der Waals surface area contributed by atoms with Crippen LogP contribution in [0, 0.1) is 23.6 Å². The van der Waals surface area contributed by atoms with Crippen LogP contribution < -0.4 is 10.2 Å². The van der Waals surface area contributed by atoms with Crippen LogP contribution in [0.4, 0.5) is 23.2 Å². The average molecular weight is 691 g/mol. The van der Waals surface area contributed by atoms with Crippen LogP contribution in [-0.2, 0) is 20.0 Å². The summed E-state index contributed by atoms with van der Waals surface area (Å²) in [6.07, 6.45) is 1.23. The second-order valence-electron chi connectivity index (χ2n) is 14.9. The molecular formula is C36H46F4N4O3S. The normalized spacial score (nSPS) is 26.1. The minimum absolute atomic E-state index is 0.132. The molecule has 5 aliphatic rings. The molecule has 0 spiro atoms. The number of nitrogens with one attached hydrogen (secondary N) is 1. The number of hydrogen-bond acceptors (Lipinski definition) is 6. The third-order valence-electron chi connectivity index (χ3n) is 11.8. The SMILES string of the molecule is O=C(N[C@H]1CCC[C@@H]1[C@](CN1CCC1)(c1cccc(F)c1)C1CCN(CC2CN(c3ccc(S(=O)(=O)C4CC4)cc3)C2)CC1)C(F)(F)F. The summed E-state index contributed by atoms with van der Waals surface area (Å²) >= 11 is 0. The molecule has 3 atom stereocenters. The van der Waals surface area contributed by atoms with E-state index in [9.17, 15) is 30.8 Å². The van der Waals surface area contributed by atoms with Crippen LogP contribution in [0.3, 0.4) is 0 Å². The van der Waals surface area contributed by atoms with Crippen molar-refractivity contribution >= 4 is 21.4 Å². The maximum atomic E-state index is 14.9. The summed E-state index contributed by atoms with van der Waals surface area (Å²) < 4.78 is 80.3. The summed E-state index contributed by atoms with van der Waals surface area (Å²) in [4.78, 5) is 19.7. The van der Waals surface area contributed by atoms with Crippen molar-refractivity contribution in [2.45, 2.75) is 79.1 Å². The zero-order chi connectivity index (χ0) is 33.7. The number of halogens is 4. The summed E-state index contributed by atoms with van der Waals surface area (Å²) in [5, 5.41) is 2.15. The molecular weight excluding hydrogens is 644 g/mol. The zero-order valence-corrected chi connectivity index (χ0v) is 28.1. The molecule has 1 amide bonds. The van der Waals surface area contributed by atoms with Crippen molar-refractivity contribution in [1.29, 1.82) is 0 Å². The standard InChI is InChI=1S/C36H46F4N4O3S/c37-28-5-1-4-27(20-28)35(24-43-16-3-17-43,32-6-2-7-33(32)41-34(45)36(38,39)40)26-14-18-42(19-15-26)21-25-22-44(23-25)29-8-10-30(11-9-29)48(46,47)31-12-13-31/h1,4-5,8-11,20,25-26,31-33H,2-3,6-7,12-19,21-24H2,(H,41,45)/t32-,33-,35-/m0/s1. The molecule has 3 aliphatic heterocycles. The van der Waals surface area contributed by atoms with Gasteiger partial charge < -0.3 is 20.0 Å². The van der Waals surface area contributed by atoms with E-state index in [2.05, 4.69) is 20.0 Å². The lowest BCUT2D eigenvalue weighted by Gasteiger charge is -2.54. The van der Waals surface area contributed by atoms with E-state index in [-0.39, 0.29) is 22.9 Å². The molecule has 2 aliphatic carbocycles. The van der Waals surface area contributed by atoms with Gasteiger partial charge in [0.1, 0.15) is 5.82 Å². The summed E-state index contributed by atoms with van der Waals surface area (Å²) in [7, 11) is -3.20. The predicted octanol–water partition coefficient (Wildman–Crippen LogP) is 5.40. The van der Waals surface area contributed by atoms with Gasteiger partial charge in [0, 0.05) is 49.2 Å². The van der Waals surface area contributed by atoms with Crippen LogP contribution in [0.1, 0.15) is 56.9 Å². The summed E-state index contributed by atoms with van der Waals surface area (Å²) in [5.74, 6) is -1.84. The minimum Gasteiger partial charge on any atom is -0.371 e. The molecule has 3 saturated heterocycles. The van der Waals surface area contributed by atoms with Crippen molar-refractivity contribution in [2.75, 3.05) is 57.3 Å². The maximum absolute atomic E-state index is 14.9. The molecule has 7 rings (SSSR count). The van der Waals surface area contributed by atoms with Crippen molar-refractivity contribution in [3.8, 4) is 0 Å². The Bertz CT molecular complexity index is 1570. The molecule has 2 saturated carbocycles. The average Bonchev–Trinajstić information content (AvgIpc) is 3.79. The monoisotopic (exact) mass is 690 g/mol. The van der Waals surface area contributed by atoms with Gasteiger partial charge in [0.25, 0.3) is 0 Å². The number of rotatable bonds is 11. The third-order valence-corrected chi connectivity index (χ3v) is 14.1. The van der Waals surface area contributed by atoms with Crippen LogP contribution in [-0.4, -0.2) is 94.0 Å². The summed E-state index contributed by atoms with van der Waals surface area (Å²) in [5.41, 5.74) is 1.30. The van der Waals surface area contributed by atoms with Crippen molar-refractivity contribution in [1.82, 2.24) is 15.1 Å². The Balaban J connectivity index is 1.04. The van der Waals surface area contributed by atoms with Crippen LogP contribution in [0.25, 0.3) is 0 Å². The lowest BCUT2D eigenvalue weighted by atomic mass is 9.57. The number of benzene rings is 2. The molecule has 0 bridgehead atoms. The molecule has 262 valence electrons. The molecule has 48 heavy (non-hydrogen) atoms. The molecule has 2 aromatic carbocycles. The number of carbonyl (C=O) groups excluding carboxylic acids is 1. The van der Waals surface area contributed by atoms with Crippen LogP contribution in [0.5, 0.6) is 0 Å². The Labute approximate surface area is 280 Å². The Morgan fingerprint density at radius 2 is 1.56 bits per heavy atom. The van der Waals surface area contributed by atoms with Gasteiger partial charge in [0.2, 0.25) is 0 Å². The Morgan fingerprint density at radius 3 is 2.17 bits per heavy atom. The van der Waals surface area contributed by atoms with Gasteiger partial charge in [-0.25, -0.2) is 12.8 Å². The fraction of sp³-hybridized carbons (Fsp3) is 0.639. The van der Waals surface area contributed by atoms with E-state index in [0.717, 1.165) is 95.6 Å². The smallest absolute Gasteiger partial charge is 0.371 e. The van der Waals surface area contributed by atoms with Gasteiger partial charge in [-0.2, -0.15) is 13.2 Å². The van der Waals surface area contributed by atoms with E-state index in [1.807, 2.05) is 18.2 Å². The number of piperidine rings is 1. The first-order valence-corrected chi connectivity index (χ1v) is 19.2. The van der Waals surface area contributed by atoms with Crippen molar-refractivity contribution < 1.29 is 30.8 Å². The highest BCUT2D eigenvalue weighted by Gasteiger charge is 2.54. The molecule has 1 N–H and O–H groups in total. The van der Waals surface area contributed by atoms with E-state index in [1.165, 1.54) is 6.07 Å². The van der Waals surface area contributed by atoms with Crippen LogP contribution in [0.2, 0.25) is 0 Å². The number of amides is 1. The molecule has 0 aromatic heterocycles. The number of hydrogen-bond donors (Lipinski definition) is 1. The Kier molecular flexibility index (Phi) is 9.30. The summed E-state index contributed by atoms with van der Waals surface area (Å²) in [6, 6.07) is 13.3. The van der Waals surface area contributed by atoms with Gasteiger partial charge in [-0.15, -0.1) is 0 Å². The molecule has 0 unspecified atom stereocenters. The second kappa shape index (κ2) is 13.2. The van der Waals surface area contributed by atoms with Gasteiger partial charge in [-0.3, -0.25) is 4.79 Å². The minimum atomic E-state index is -4.95. The molecule has 2 aromatic rings. The van der Waals surface area contributed by atoms with Crippen LogP contribution in [0.15, 0.2) is 53.4 Å². The Morgan fingerprint density at radius 1 is 0.854 bits per heavy atom. The number of carbonyl (C=O) groups is 1. The topological polar surface area (TPSA) is 73.0 Å². The van der Waals surface area contributed by atoms with Gasteiger partial charge >= 0.3 is 12.1 Å². The molecule has 0 radical (unpaired) electrons. The molecule has 3 heterocycles. The van der Waals surface area contributed by atoms with E-state index >= 15 is 0 Å². The molecule has 12 heteroatoms. The van der Waals surface area contributed by atoms with Crippen LogP contribution >= 0.6 is 0 Å². The lowest BCUT2D eigenvalue weighted by molar-refractivity contribution is -0.175. The van der Waals surface area contributed by atoms with Crippen molar-refractivity contribution in [2.24, 2.45) is 17.8 Å². The van der Waals surface area contributed by atoms with Gasteiger partial charge in [0.05, 0.1) is 10.1 Å². The Hall–Kier alpha value is -2.70. The molecule has 7 nitrogen and oxygen atoms in total. The third kappa shape index (κ3) is 6.73. The van der Waals surface area contributed by atoms with Crippen molar-refractivity contribution in [3.05, 3.63) is 59.9 Å². The highest BCUT2D eigenvalue weighted by Crippen LogP contribution is 2.51. The first kappa shape index (κ1) is 33.8. The number of nitrogens with zero attached hydrogens (tertiary/aromatic N) is 3. The van der Waals surface area contributed by atoms with E-state index < -0.39 is 33.4 Å². The number of sulfone groups is 1. The first-order valence-electron chi connectivity index (χ1n) is 17.6. The fourth-order valence-corrected chi connectivity index (χ4v) is 10.7. The first-order chi connectivity index (χ1) is 22.9. The predicted molar refractivity (Wildman–Crippen MR) is 176 cm³/mol. The highest BCUT2D eigenvalue weighted by molar-refractivity contribution is 7.92. The maximum Gasteiger partial charge on any atom is 0.471 e. The summed E-state index contributed by atoms with van der Waals surface area (Å²) in [6.45, 7) is 6.96. The zero-order valence-electron chi connectivity index (χ0n) is 27.3. The van der Waals surface area contributed by atoms with E-state index in [0.29, 0.717) is 30.2 Å². The van der Waals surface area contributed by atoms with Crippen molar-refractivity contribution in [3.63, 3.8) is 0 Å². The van der Waals surface area contributed by atoms with E-state index in [4.69, 9.17) is 0 Å². The quantitative estimate of drug-likeness (QED) is 0.319.